The molecule has 6 N–H and O–H groups in total. The second-order valence-electron chi connectivity index (χ2n) is 18.8. The van der Waals surface area contributed by atoms with Gasteiger partial charge < -0.3 is 35.2 Å². The molecule has 7 unspecified atom stereocenters. The predicted molar refractivity (Wildman–Crippen MR) is 255 cm³/mol. The van der Waals surface area contributed by atoms with Crippen LogP contribution in [0.3, 0.4) is 0 Å². The number of aliphatic hydroxyl groups excluding tert-OH is 4. The highest BCUT2D eigenvalue weighted by atomic mass is 32.3. The normalized spacial score (nSPS) is 20.3. The largest absolute Gasteiger partial charge is 0.397 e. The van der Waals surface area contributed by atoms with E-state index in [2.05, 4.69) is 23.3 Å². The fourth-order valence-corrected chi connectivity index (χ4v) is 9.32. The summed E-state index contributed by atoms with van der Waals surface area (Å²) in [7, 11) is -5.07. The fourth-order valence-electron chi connectivity index (χ4n) is 8.81. The molecule has 0 aromatic heterocycles. The summed E-state index contributed by atoms with van der Waals surface area (Å²) in [6.45, 7) is 3.48. The van der Waals surface area contributed by atoms with Crippen molar-refractivity contribution in [3.05, 3.63) is 0 Å². The van der Waals surface area contributed by atoms with E-state index >= 15 is 0 Å². The Hall–Kier alpha value is -0.900. The van der Waals surface area contributed by atoms with Crippen molar-refractivity contribution >= 4 is 16.3 Å². The van der Waals surface area contributed by atoms with Crippen molar-refractivity contribution in [1.29, 1.82) is 0 Å². The average Bonchev–Trinajstić information content (AvgIpc) is 3.25. The van der Waals surface area contributed by atoms with Crippen LogP contribution in [0.2, 0.25) is 0 Å². The van der Waals surface area contributed by atoms with Crippen LogP contribution in [0.4, 0.5) is 0 Å². The van der Waals surface area contributed by atoms with Crippen LogP contribution in [0, 0.1) is 0 Å². The van der Waals surface area contributed by atoms with Crippen molar-refractivity contribution in [2.45, 2.75) is 301 Å². The molecule has 1 aliphatic rings. The Morgan fingerprint density at radius 3 is 1.27 bits per heavy atom. The number of carbonyl (C=O) groups is 1. The molecule has 0 spiro atoms. The van der Waals surface area contributed by atoms with E-state index in [1.807, 2.05) is 0 Å². The van der Waals surface area contributed by atoms with Gasteiger partial charge in [0.25, 0.3) is 0 Å². The van der Waals surface area contributed by atoms with Crippen LogP contribution < -0.4 is 5.32 Å². The summed E-state index contributed by atoms with van der Waals surface area (Å²) in [6.07, 6.45) is 36.7. The molecular formula is C50H99NO11S. The minimum atomic E-state index is -5.07. The molecule has 1 aliphatic heterocycles. The summed E-state index contributed by atoms with van der Waals surface area (Å²) in [5, 5.41) is 45.0. The van der Waals surface area contributed by atoms with E-state index in [1.165, 1.54) is 180 Å². The summed E-state index contributed by atoms with van der Waals surface area (Å²) < 4.78 is 47.8. The van der Waals surface area contributed by atoms with Gasteiger partial charge in [-0.3, -0.25) is 9.35 Å². The summed E-state index contributed by atoms with van der Waals surface area (Å²) in [6, 6.07) is -0.852. The summed E-state index contributed by atoms with van der Waals surface area (Å²) in [5.74, 6) is -0.224. The van der Waals surface area contributed by atoms with Gasteiger partial charge >= 0.3 is 10.4 Å². The maximum atomic E-state index is 13.1. The van der Waals surface area contributed by atoms with Gasteiger partial charge in [0.05, 0.1) is 25.4 Å². The molecular weight excluding hydrogens is 823 g/mol. The van der Waals surface area contributed by atoms with E-state index in [9.17, 15) is 38.2 Å². The lowest BCUT2D eigenvalue weighted by Gasteiger charge is -2.41. The summed E-state index contributed by atoms with van der Waals surface area (Å²) in [4.78, 5) is 13.1. The van der Waals surface area contributed by atoms with Crippen molar-refractivity contribution in [3.8, 4) is 0 Å². The van der Waals surface area contributed by atoms with E-state index in [4.69, 9.17) is 9.47 Å². The van der Waals surface area contributed by atoms with Crippen molar-refractivity contribution in [2.24, 2.45) is 0 Å². The molecule has 0 radical (unpaired) electrons. The summed E-state index contributed by atoms with van der Waals surface area (Å²) in [5.41, 5.74) is 0. The number of amides is 1. The topological polar surface area (TPSA) is 192 Å². The van der Waals surface area contributed by atoms with Gasteiger partial charge in [0, 0.05) is 6.42 Å². The molecule has 1 saturated heterocycles. The third kappa shape index (κ3) is 34.1. The molecule has 1 rings (SSSR count). The van der Waals surface area contributed by atoms with E-state index in [0.29, 0.717) is 12.8 Å². The van der Waals surface area contributed by atoms with Crippen LogP contribution in [-0.2, 0) is 28.9 Å². The lowest BCUT2D eigenvalue weighted by Crippen LogP contribution is -2.61. The van der Waals surface area contributed by atoms with Crippen LogP contribution in [0.15, 0.2) is 0 Å². The quantitative estimate of drug-likeness (QED) is 0.0251. The Kier molecular flexibility index (Phi) is 39.4. The van der Waals surface area contributed by atoms with Gasteiger partial charge in [-0.05, 0) is 12.8 Å². The molecule has 1 heterocycles. The van der Waals surface area contributed by atoms with Crippen LogP contribution in [0.25, 0.3) is 0 Å². The van der Waals surface area contributed by atoms with Gasteiger partial charge in [0.2, 0.25) is 5.91 Å². The van der Waals surface area contributed by atoms with Crippen molar-refractivity contribution in [3.63, 3.8) is 0 Å². The number of nitrogens with one attached hydrogen (secondary N) is 1. The third-order valence-corrected chi connectivity index (χ3v) is 13.4. The molecule has 0 aromatic carbocycles. The molecule has 376 valence electrons. The van der Waals surface area contributed by atoms with Crippen LogP contribution in [0.5, 0.6) is 0 Å². The average molecular weight is 922 g/mol. The van der Waals surface area contributed by atoms with E-state index in [-0.39, 0.29) is 12.5 Å². The Morgan fingerprint density at radius 1 is 0.571 bits per heavy atom. The first kappa shape index (κ1) is 60.1. The molecule has 0 saturated carbocycles. The third-order valence-electron chi connectivity index (χ3n) is 12.9. The Balaban J connectivity index is 2.38. The SMILES string of the molecule is CCCCCCCCCCCCCCCCCCCCCCCC(=O)NC(COC1OC(CO)C(O)C(OS(=O)(=O)O)C1O)C(O)CCCCCCCCCCCCCCCCC. The van der Waals surface area contributed by atoms with E-state index < -0.39 is 59.9 Å². The maximum absolute atomic E-state index is 13.1. The van der Waals surface area contributed by atoms with Gasteiger partial charge in [-0.25, -0.2) is 4.18 Å². The first-order chi connectivity index (χ1) is 30.5. The number of hydrogen-bond donors (Lipinski definition) is 6. The van der Waals surface area contributed by atoms with Crippen molar-refractivity contribution in [1.82, 2.24) is 5.32 Å². The second-order valence-corrected chi connectivity index (χ2v) is 19.9. The minimum Gasteiger partial charge on any atom is -0.394 e. The van der Waals surface area contributed by atoms with Gasteiger partial charge in [0.15, 0.2) is 6.29 Å². The van der Waals surface area contributed by atoms with E-state index in [0.717, 1.165) is 51.4 Å². The molecule has 0 aromatic rings. The predicted octanol–water partition coefficient (Wildman–Crippen LogP) is 11.3. The van der Waals surface area contributed by atoms with E-state index in [1.54, 1.807) is 0 Å². The fraction of sp³-hybridized carbons (Fsp3) is 0.980. The van der Waals surface area contributed by atoms with Crippen LogP contribution in [0.1, 0.15) is 258 Å². The molecule has 7 atom stereocenters. The van der Waals surface area contributed by atoms with Crippen molar-refractivity contribution < 1.29 is 51.8 Å². The maximum Gasteiger partial charge on any atom is 0.397 e. The number of carbonyl (C=O) groups excluding carboxylic acids is 1. The van der Waals surface area contributed by atoms with Gasteiger partial charge in [-0.1, -0.05) is 239 Å². The molecule has 1 amide bonds. The zero-order valence-corrected chi connectivity index (χ0v) is 41.2. The highest BCUT2D eigenvalue weighted by Gasteiger charge is 2.48. The molecule has 63 heavy (non-hydrogen) atoms. The lowest BCUT2D eigenvalue weighted by molar-refractivity contribution is -0.298. The molecule has 13 heteroatoms. The number of ether oxygens (including phenoxy) is 2. The number of rotatable bonds is 46. The first-order valence-corrected chi connectivity index (χ1v) is 27.8. The number of unbranched alkanes of at least 4 members (excludes halogenated alkanes) is 34. The Labute approximate surface area is 386 Å². The highest BCUT2D eigenvalue weighted by Crippen LogP contribution is 2.26. The minimum absolute atomic E-state index is 0.224. The zero-order valence-electron chi connectivity index (χ0n) is 40.4. The molecule has 0 aliphatic carbocycles. The first-order valence-electron chi connectivity index (χ1n) is 26.4. The standard InChI is InChI=1S/C50H99NO11S/c1-3-5-7-9-11-13-15-17-19-20-21-22-23-24-26-28-30-32-34-36-38-40-46(54)51-43(42-60-50-48(56)49(62-63(57,58)59)47(55)45(41-52)61-50)44(53)39-37-35-33-31-29-27-25-18-16-14-12-10-8-6-4-2/h43-45,47-50,52-53,55-56H,3-42H2,1-2H3,(H,51,54)(H,57,58,59). The number of hydrogen-bond acceptors (Lipinski definition) is 10. The van der Waals surface area contributed by atoms with Gasteiger partial charge in [-0.15, -0.1) is 0 Å². The number of aliphatic hydroxyl groups is 4. The zero-order chi connectivity index (χ0) is 46.2. The Bertz CT molecular complexity index is 1130. The monoisotopic (exact) mass is 922 g/mol. The van der Waals surface area contributed by atoms with Gasteiger partial charge in [0.1, 0.15) is 24.4 Å². The molecule has 1 fully saturated rings. The molecule has 12 nitrogen and oxygen atoms in total. The molecule has 0 bridgehead atoms. The smallest absolute Gasteiger partial charge is 0.394 e. The van der Waals surface area contributed by atoms with Crippen molar-refractivity contribution in [2.75, 3.05) is 13.2 Å². The van der Waals surface area contributed by atoms with Crippen LogP contribution >= 0.6 is 0 Å². The second kappa shape index (κ2) is 41.3. The summed E-state index contributed by atoms with van der Waals surface area (Å²) >= 11 is 0. The lowest BCUT2D eigenvalue weighted by atomic mass is 9.99. The Morgan fingerprint density at radius 2 is 0.921 bits per heavy atom. The van der Waals surface area contributed by atoms with Gasteiger partial charge in [-0.2, -0.15) is 8.42 Å². The highest BCUT2D eigenvalue weighted by molar-refractivity contribution is 7.80. The van der Waals surface area contributed by atoms with Crippen LogP contribution in [-0.4, -0.2) is 95.4 Å².